The number of hydrogen-bond acceptors (Lipinski definition) is 3. The molecule has 1 aromatic rings. The fourth-order valence-corrected chi connectivity index (χ4v) is 2.75. The molecule has 21 heavy (non-hydrogen) atoms. The lowest BCUT2D eigenvalue weighted by atomic mass is 9.90. The van der Waals surface area contributed by atoms with Gasteiger partial charge in [0.1, 0.15) is 12.1 Å². The van der Waals surface area contributed by atoms with Gasteiger partial charge in [-0.2, -0.15) is 5.10 Å². The zero-order valence-electron chi connectivity index (χ0n) is 13.3. The number of aromatic nitrogens is 2. The van der Waals surface area contributed by atoms with Gasteiger partial charge in [-0.15, -0.1) is 0 Å². The van der Waals surface area contributed by atoms with Gasteiger partial charge < -0.3 is 5.32 Å². The third kappa shape index (κ3) is 2.80. The summed E-state index contributed by atoms with van der Waals surface area (Å²) >= 11 is 0. The summed E-state index contributed by atoms with van der Waals surface area (Å²) in [6.07, 6.45) is 4.25. The third-order valence-corrected chi connectivity index (χ3v) is 4.16. The molecule has 2 amide bonds. The van der Waals surface area contributed by atoms with Crippen LogP contribution in [0.25, 0.3) is 0 Å². The van der Waals surface area contributed by atoms with E-state index in [1.165, 1.54) is 0 Å². The van der Waals surface area contributed by atoms with Crippen LogP contribution in [-0.4, -0.2) is 33.7 Å². The number of amides is 2. The maximum Gasteiger partial charge on any atom is 0.250 e. The Morgan fingerprint density at radius 1 is 1.33 bits per heavy atom. The van der Waals surface area contributed by atoms with E-state index >= 15 is 0 Å². The van der Waals surface area contributed by atoms with Crippen LogP contribution >= 0.6 is 0 Å². The van der Waals surface area contributed by atoms with Crippen LogP contribution in [0.3, 0.4) is 0 Å². The van der Waals surface area contributed by atoms with E-state index in [-0.39, 0.29) is 23.7 Å². The molecule has 0 radical (unpaired) electrons. The van der Waals surface area contributed by atoms with E-state index < -0.39 is 12.1 Å². The largest absolute Gasteiger partial charge is 0.342 e. The lowest BCUT2D eigenvalue weighted by Gasteiger charge is -2.41. The lowest BCUT2D eigenvalue weighted by molar-refractivity contribution is -0.136. The van der Waals surface area contributed by atoms with Crippen LogP contribution in [0.2, 0.25) is 0 Å². The van der Waals surface area contributed by atoms with Crippen LogP contribution in [0.15, 0.2) is 12.4 Å². The lowest BCUT2D eigenvalue weighted by Crippen LogP contribution is -2.66. The van der Waals surface area contributed by atoms with E-state index in [0.717, 1.165) is 6.42 Å². The van der Waals surface area contributed by atoms with Gasteiger partial charge in [0, 0.05) is 13.2 Å². The van der Waals surface area contributed by atoms with Gasteiger partial charge in [-0.1, -0.05) is 34.1 Å². The van der Waals surface area contributed by atoms with Crippen LogP contribution in [0.1, 0.15) is 34.1 Å². The predicted octanol–water partition coefficient (Wildman–Crippen LogP) is 1.32. The molecule has 1 fully saturated rings. The Morgan fingerprint density at radius 2 is 2.00 bits per heavy atom. The van der Waals surface area contributed by atoms with Crippen molar-refractivity contribution in [1.82, 2.24) is 15.1 Å². The standard InChI is InChI=1S/C15H24N4O2/c1-6-10(4)12-15(21)19(11-7-16-18(5)8-11)13(9(2)3)14(20)17-12/h7-10,12-13H,6H2,1-5H3,(H,17,20). The summed E-state index contributed by atoms with van der Waals surface area (Å²) in [5.41, 5.74) is 0.685. The Morgan fingerprint density at radius 3 is 2.48 bits per heavy atom. The minimum absolute atomic E-state index is 0.0343. The first kappa shape index (κ1) is 15.5. The first-order valence-corrected chi connectivity index (χ1v) is 7.48. The van der Waals surface area contributed by atoms with E-state index in [9.17, 15) is 9.59 Å². The van der Waals surface area contributed by atoms with Gasteiger partial charge in [0.15, 0.2) is 0 Å². The van der Waals surface area contributed by atoms with Crippen molar-refractivity contribution >= 4 is 17.5 Å². The average molecular weight is 292 g/mol. The molecule has 6 nitrogen and oxygen atoms in total. The van der Waals surface area contributed by atoms with E-state index in [1.807, 2.05) is 27.7 Å². The van der Waals surface area contributed by atoms with Crippen LogP contribution in [0.5, 0.6) is 0 Å². The maximum atomic E-state index is 12.9. The number of carbonyl (C=O) groups excluding carboxylic acids is 2. The van der Waals surface area contributed by atoms with Gasteiger partial charge in [0.2, 0.25) is 5.91 Å². The molecule has 3 atom stereocenters. The number of nitrogens with one attached hydrogen (secondary N) is 1. The second kappa shape index (κ2) is 5.87. The number of anilines is 1. The highest BCUT2D eigenvalue weighted by Gasteiger charge is 2.44. The van der Waals surface area contributed by atoms with E-state index in [0.29, 0.717) is 5.69 Å². The van der Waals surface area contributed by atoms with Crippen molar-refractivity contribution in [2.24, 2.45) is 18.9 Å². The van der Waals surface area contributed by atoms with Crippen molar-refractivity contribution in [2.75, 3.05) is 4.90 Å². The van der Waals surface area contributed by atoms with Crippen LogP contribution in [0.4, 0.5) is 5.69 Å². The van der Waals surface area contributed by atoms with E-state index in [4.69, 9.17) is 0 Å². The molecule has 2 heterocycles. The summed E-state index contributed by atoms with van der Waals surface area (Å²) < 4.78 is 1.64. The first-order valence-electron chi connectivity index (χ1n) is 7.48. The Balaban J connectivity index is 2.42. The van der Waals surface area contributed by atoms with Crippen molar-refractivity contribution < 1.29 is 9.59 Å². The zero-order chi connectivity index (χ0) is 15.7. The normalized spacial score (nSPS) is 24.4. The Kier molecular flexibility index (Phi) is 4.34. The monoisotopic (exact) mass is 292 g/mol. The summed E-state index contributed by atoms with van der Waals surface area (Å²) in [5.74, 6) is 0.00942. The fraction of sp³-hybridized carbons (Fsp3) is 0.667. The molecule has 0 spiro atoms. The highest BCUT2D eigenvalue weighted by molar-refractivity contribution is 6.08. The molecule has 1 N–H and O–H groups in total. The van der Waals surface area contributed by atoms with Gasteiger partial charge in [-0.25, -0.2) is 0 Å². The second-order valence-electron chi connectivity index (χ2n) is 6.14. The molecule has 0 saturated carbocycles. The summed E-state index contributed by atoms with van der Waals surface area (Å²) in [7, 11) is 1.80. The number of aryl methyl sites for hydroxylation is 1. The summed E-state index contributed by atoms with van der Waals surface area (Å²) in [4.78, 5) is 27.0. The minimum atomic E-state index is -0.484. The molecular formula is C15H24N4O2. The van der Waals surface area contributed by atoms with Gasteiger partial charge in [-0.3, -0.25) is 19.2 Å². The molecule has 1 aromatic heterocycles. The highest BCUT2D eigenvalue weighted by atomic mass is 16.2. The Bertz CT molecular complexity index is 538. The summed E-state index contributed by atoms with van der Waals surface area (Å²) in [6, 6.07) is -0.945. The van der Waals surface area contributed by atoms with Gasteiger partial charge in [-0.05, 0) is 11.8 Å². The van der Waals surface area contributed by atoms with Crippen molar-refractivity contribution in [2.45, 2.75) is 46.2 Å². The molecular weight excluding hydrogens is 268 g/mol. The van der Waals surface area contributed by atoms with Gasteiger partial charge >= 0.3 is 0 Å². The van der Waals surface area contributed by atoms with E-state index in [2.05, 4.69) is 10.4 Å². The van der Waals surface area contributed by atoms with Crippen molar-refractivity contribution in [3.05, 3.63) is 12.4 Å². The number of piperazine rings is 1. The molecule has 0 bridgehead atoms. The average Bonchev–Trinajstić information content (AvgIpc) is 2.85. The summed E-state index contributed by atoms with van der Waals surface area (Å²) in [5, 5.41) is 7.02. The first-order chi connectivity index (χ1) is 9.86. The van der Waals surface area contributed by atoms with Gasteiger partial charge in [0.05, 0.1) is 11.9 Å². The molecule has 0 aromatic carbocycles. The number of carbonyl (C=O) groups is 2. The number of hydrogen-bond donors (Lipinski definition) is 1. The van der Waals surface area contributed by atoms with Crippen LogP contribution in [0, 0.1) is 11.8 Å². The topological polar surface area (TPSA) is 67.2 Å². The Labute approximate surface area is 125 Å². The molecule has 6 heteroatoms. The Hall–Kier alpha value is -1.85. The molecule has 1 aliphatic heterocycles. The molecule has 1 saturated heterocycles. The minimum Gasteiger partial charge on any atom is -0.342 e. The zero-order valence-corrected chi connectivity index (χ0v) is 13.3. The third-order valence-electron chi connectivity index (χ3n) is 4.16. The van der Waals surface area contributed by atoms with Crippen LogP contribution in [-0.2, 0) is 16.6 Å². The highest BCUT2D eigenvalue weighted by Crippen LogP contribution is 2.27. The number of rotatable bonds is 4. The molecule has 116 valence electrons. The van der Waals surface area contributed by atoms with Crippen LogP contribution < -0.4 is 10.2 Å². The SMILES string of the molecule is CCC(C)C1NC(=O)C(C(C)C)N(c2cnn(C)c2)C1=O. The predicted molar refractivity (Wildman–Crippen MR) is 80.7 cm³/mol. The smallest absolute Gasteiger partial charge is 0.250 e. The molecule has 3 unspecified atom stereocenters. The molecule has 0 aliphatic carbocycles. The number of nitrogens with zero attached hydrogens (tertiary/aromatic N) is 3. The molecule has 1 aliphatic rings. The van der Waals surface area contributed by atoms with Crippen molar-refractivity contribution in [3.63, 3.8) is 0 Å². The fourth-order valence-electron chi connectivity index (χ4n) is 2.75. The second-order valence-corrected chi connectivity index (χ2v) is 6.14. The maximum absolute atomic E-state index is 12.9. The van der Waals surface area contributed by atoms with Crippen molar-refractivity contribution in [1.29, 1.82) is 0 Å². The molecule has 2 rings (SSSR count). The van der Waals surface area contributed by atoms with Crippen molar-refractivity contribution in [3.8, 4) is 0 Å². The van der Waals surface area contributed by atoms with Gasteiger partial charge in [0.25, 0.3) is 5.91 Å². The quantitative estimate of drug-likeness (QED) is 0.910. The van der Waals surface area contributed by atoms with E-state index in [1.54, 1.807) is 29.0 Å². The summed E-state index contributed by atoms with van der Waals surface area (Å²) in [6.45, 7) is 7.90.